The van der Waals surface area contributed by atoms with E-state index in [0.29, 0.717) is 0 Å². The van der Waals surface area contributed by atoms with E-state index in [1.165, 1.54) is 0 Å². The summed E-state index contributed by atoms with van der Waals surface area (Å²) in [5.74, 6) is 0.904. The van der Waals surface area contributed by atoms with Gasteiger partial charge in [-0.05, 0) is 24.3 Å². The summed E-state index contributed by atoms with van der Waals surface area (Å²) in [7, 11) is 0. The average molecular weight is 251 g/mol. The summed E-state index contributed by atoms with van der Waals surface area (Å²) in [6, 6.07) is 3.98. The summed E-state index contributed by atoms with van der Waals surface area (Å²) in [4.78, 5) is 4.27. The van der Waals surface area contributed by atoms with Gasteiger partial charge in [0.2, 0.25) is 0 Å². The van der Waals surface area contributed by atoms with Crippen LogP contribution in [0.15, 0.2) is 18.3 Å². The van der Waals surface area contributed by atoms with Crippen LogP contribution in [-0.4, -0.2) is 29.8 Å². The maximum atomic E-state index is 8.99. The van der Waals surface area contributed by atoms with Crippen molar-refractivity contribution in [3.05, 3.63) is 18.3 Å². The van der Waals surface area contributed by atoms with Gasteiger partial charge < -0.3 is 15.7 Å². The van der Waals surface area contributed by atoms with Crippen LogP contribution in [0.2, 0.25) is 0 Å². The van der Waals surface area contributed by atoms with Crippen LogP contribution in [0.3, 0.4) is 0 Å². The number of hydrogen-bond acceptors (Lipinski definition) is 4. The van der Waals surface area contributed by atoms with Crippen LogP contribution in [0.4, 0.5) is 11.5 Å². The van der Waals surface area contributed by atoms with Gasteiger partial charge in [0.05, 0.1) is 0 Å². The second-order valence-corrected chi connectivity index (χ2v) is 5.35. The van der Waals surface area contributed by atoms with E-state index in [1.807, 2.05) is 12.1 Å². The lowest BCUT2D eigenvalue weighted by molar-refractivity contribution is 0.220. The van der Waals surface area contributed by atoms with Crippen molar-refractivity contribution in [3.8, 4) is 0 Å². The molecular formula is C14H25N3O. The van der Waals surface area contributed by atoms with E-state index in [1.54, 1.807) is 6.20 Å². The second kappa shape index (κ2) is 7.21. The fourth-order valence-corrected chi connectivity index (χ4v) is 1.62. The molecular weight excluding hydrogens is 226 g/mol. The van der Waals surface area contributed by atoms with Gasteiger partial charge in [-0.15, -0.1) is 0 Å². The van der Waals surface area contributed by atoms with Crippen LogP contribution in [0.5, 0.6) is 0 Å². The summed E-state index contributed by atoms with van der Waals surface area (Å²) in [6.07, 6.45) is 3.69. The first-order valence-corrected chi connectivity index (χ1v) is 6.62. The van der Waals surface area contributed by atoms with Crippen LogP contribution in [0, 0.1) is 5.41 Å². The van der Waals surface area contributed by atoms with Crippen molar-refractivity contribution in [2.45, 2.75) is 33.6 Å². The number of anilines is 2. The lowest BCUT2D eigenvalue weighted by atomic mass is 9.90. The molecule has 1 rings (SSSR count). The number of aliphatic hydroxyl groups excluding tert-OH is 1. The zero-order valence-electron chi connectivity index (χ0n) is 11.7. The van der Waals surface area contributed by atoms with Crippen molar-refractivity contribution in [3.63, 3.8) is 0 Å². The predicted octanol–water partition coefficient (Wildman–Crippen LogP) is 2.72. The molecule has 0 bridgehead atoms. The third-order valence-electron chi connectivity index (χ3n) is 2.88. The maximum Gasteiger partial charge on any atom is 0.127 e. The minimum Gasteiger partial charge on any atom is -0.396 e. The Morgan fingerprint density at radius 1 is 1.33 bits per heavy atom. The standard InChI is InChI=1S/C14H25N3O/c1-4-7-15-13-10-12(5-8-16-13)17-11-14(2,3)6-9-18/h5,8,10,18H,4,6-7,9,11H2,1-3H3,(H2,15,16,17). The third-order valence-corrected chi connectivity index (χ3v) is 2.88. The summed E-state index contributed by atoms with van der Waals surface area (Å²) >= 11 is 0. The van der Waals surface area contributed by atoms with Gasteiger partial charge in [-0.25, -0.2) is 4.98 Å². The Bertz CT molecular complexity index is 353. The number of aromatic nitrogens is 1. The molecule has 1 aromatic rings. The summed E-state index contributed by atoms with van der Waals surface area (Å²) in [5.41, 5.74) is 1.16. The molecule has 0 atom stereocenters. The smallest absolute Gasteiger partial charge is 0.127 e. The van der Waals surface area contributed by atoms with Crippen LogP contribution in [0.25, 0.3) is 0 Å². The molecule has 0 spiro atoms. The molecule has 18 heavy (non-hydrogen) atoms. The van der Waals surface area contributed by atoms with Crippen molar-refractivity contribution in [2.24, 2.45) is 5.41 Å². The Morgan fingerprint density at radius 2 is 2.11 bits per heavy atom. The van der Waals surface area contributed by atoms with Crippen LogP contribution < -0.4 is 10.6 Å². The Labute approximate surface area is 110 Å². The summed E-state index contributed by atoms with van der Waals surface area (Å²) < 4.78 is 0. The highest BCUT2D eigenvalue weighted by atomic mass is 16.3. The number of nitrogens with one attached hydrogen (secondary N) is 2. The van der Waals surface area contributed by atoms with E-state index in [2.05, 4.69) is 36.4 Å². The molecule has 0 aliphatic heterocycles. The molecule has 1 aromatic heterocycles. The van der Waals surface area contributed by atoms with Gasteiger partial charge >= 0.3 is 0 Å². The number of rotatable bonds is 8. The molecule has 3 N–H and O–H groups in total. The molecule has 0 fully saturated rings. The first-order valence-electron chi connectivity index (χ1n) is 6.62. The lowest BCUT2D eigenvalue weighted by Gasteiger charge is -2.24. The Hall–Kier alpha value is -1.29. The van der Waals surface area contributed by atoms with Crippen molar-refractivity contribution in [1.29, 1.82) is 0 Å². The van der Waals surface area contributed by atoms with Gasteiger partial charge in [0.1, 0.15) is 5.82 Å². The van der Waals surface area contributed by atoms with Gasteiger partial charge in [0.25, 0.3) is 0 Å². The van der Waals surface area contributed by atoms with Crippen molar-refractivity contribution < 1.29 is 5.11 Å². The monoisotopic (exact) mass is 251 g/mol. The highest BCUT2D eigenvalue weighted by molar-refractivity contribution is 5.51. The Morgan fingerprint density at radius 3 is 2.78 bits per heavy atom. The summed E-state index contributed by atoms with van der Waals surface area (Å²) in [6.45, 7) is 8.43. The van der Waals surface area contributed by atoms with E-state index >= 15 is 0 Å². The van der Waals surface area contributed by atoms with Crippen LogP contribution in [-0.2, 0) is 0 Å². The molecule has 4 nitrogen and oxygen atoms in total. The van der Waals surface area contributed by atoms with E-state index in [0.717, 1.165) is 37.4 Å². The second-order valence-electron chi connectivity index (χ2n) is 5.35. The molecule has 0 aromatic carbocycles. The predicted molar refractivity (Wildman–Crippen MR) is 77.0 cm³/mol. The molecule has 0 amide bonds. The highest BCUT2D eigenvalue weighted by Crippen LogP contribution is 2.21. The fourth-order valence-electron chi connectivity index (χ4n) is 1.62. The van der Waals surface area contributed by atoms with Gasteiger partial charge in [0.15, 0.2) is 0 Å². The van der Waals surface area contributed by atoms with E-state index in [-0.39, 0.29) is 12.0 Å². The van der Waals surface area contributed by atoms with Gasteiger partial charge in [-0.2, -0.15) is 0 Å². The molecule has 1 heterocycles. The van der Waals surface area contributed by atoms with Crippen molar-refractivity contribution >= 4 is 11.5 Å². The van der Waals surface area contributed by atoms with E-state index < -0.39 is 0 Å². The molecule has 0 aliphatic rings. The normalized spacial score (nSPS) is 11.3. The van der Waals surface area contributed by atoms with Crippen molar-refractivity contribution in [2.75, 3.05) is 30.3 Å². The van der Waals surface area contributed by atoms with E-state index in [9.17, 15) is 0 Å². The molecule has 0 unspecified atom stereocenters. The maximum absolute atomic E-state index is 8.99. The van der Waals surface area contributed by atoms with Crippen LogP contribution in [0.1, 0.15) is 33.6 Å². The molecule has 102 valence electrons. The molecule has 0 aliphatic carbocycles. The topological polar surface area (TPSA) is 57.2 Å². The zero-order valence-corrected chi connectivity index (χ0v) is 11.7. The minimum atomic E-state index is 0.0923. The third kappa shape index (κ3) is 5.36. The number of hydrogen-bond donors (Lipinski definition) is 3. The molecule has 4 heteroatoms. The zero-order chi connectivity index (χ0) is 13.4. The van der Waals surface area contributed by atoms with E-state index in [4.69, 9.17) is 5.11 Å². The first-order chi connectivity index (χ1) is 8.57. The minimum absolute atomic E-state index is 0.0923. The molecule has 0 radical (unpaired) electrons. The number of nitrogens with zero attached hydrogens (tertiary/aromatic N) is 1. The largest absolute Gasteiger partial charge is 0.396 e. The van der Waals surface area contributed by atoms with Gasteiger partial charge in [0, 0.05) is 37.6 Å². The van der Waals surface area contributed by atoms with Crippen LogP contribution >= 0.6 is 0 Å². The molecule has 0 saturated heterocycles. The summed E-state index contributed by atoms with van der Waals surface area (Å²) in [5, 5.41) is 15.7. The lowest BCUT2D eigenvalue weighted by Crippen LogP contribution is -2.24. The van der Waals surface area contributed by atoms with Crippen molar-refractivity contribution in [1.82, 2.24) is 4.98 Å². The number of aliphatic hydroxyl groups is 1. The average Bonchev–Trinajstić information content (AvgIpc) is 2.35. The molecule has 0 saturated carbocycles. The van der Waals surface area contributed by atoms with Gasteiger partial charge in [-0.3, -0.25) is 0 Å². The Balaban J connectivity index is 2.51. The SMILES string of the molecule is CCCNc1cc(NCC(C)(C)CCO)ccn1. The quantitative estimate of drug-likeness (QED) is 0.665. The fraction of sp³-hybridized carbons (Fsp3) is 0.643. The highest BCUT2D eigenvalue weighted by Gasteiger charge is 2.16. The Kier molecular flexibility index (Phi) is 5.92. The van der Waals surface area contributed by atoms with Gasteiger partial charge in [-0.1, -0.05) is 20.8 Å². The first kappa shape index (κ1) is 14.8. The number of pyridine rings is 1.